The molecule has 0 aliphatic rings. The van der Waals surface area contributed by atoms with E-state index in [1.807, 2.05) is 6.92 Å². The summed E-state index contributed by atoms with van der Waals surface area (Å²) in [5.74, 6) is 0.108. The number of carbonyl (C=O) groups is 1. The molecule has 0 spiro atoms. The Morgan fingerprint density at radius 1 is 1.35 bits per heavy atom. The molecule has 0 saturated heterocycles. The maximum Gasteiger partial charge on any atom is 0.202 e. The summed E-state index contributed by atoms with van der Waals surface area (Å²) in [6.45, 7) is 2.67. The van der Waals surface area contributed by atoms with Gasteiger partial charge in [-0.3, -0.25) is 4.79 Å². The zero-order chi connectivity index (χ0) is 12.3. The summed E-state index contributed by atoms with van der Waals surface area (Å²) in [7, 11) is 0. The third-order valence-electron chi connectivity index (χ3n) is 2.58. The molecule has 2 rings (SSSR count). The van der Waals surface area contributed by atoms with Gasteiger partial charge in [0.15, 0.2) is 5.82 Å². The molecule has 3 nitrogen and oxygen atoms in total. The first kappa shape index (κ1) is 11.5. The van der Waals surface area contributed by atoms with E-state index in [2.05, 4.69) is 4.98 Å². The van der Waals surface area contributed by atoms with E-state index in [9.17, 15) is 9.18 Å². The van der Waals surface area contributed by atoms with Crippen molar-refractivity contribution in [3.63, 3.8) is 0 Å². The second-order valence-corrected chi connectivity index (χ2v) is 3.76. The molecule has 0 atom stereocenters. The largest absolute Gasteiger partial charge is 0.329 e. The molecule has 1 heterocycles. The first-order chi connectivity index (χ1) is 8.20. The van der Waals surface area contributed by atoms with E-state index >= 15 is 0 Å². The molecule has 0 fully saturated rings. The van der Waals surface area contributed by atoms with Gasteiger partial charge in [-0.05, 0) is 24.6 Å². The van der Waals surface area contributed by atoms with Crippen molar-refractivity contribution in [2.45, 2.75) is 19.9 Å². The number of aromatic nitrogens is 2. The maximum atomic E-state index is 12.7. The molecule has 0 amide bonds. The average molecular weight is 232 g/mol. The summed E-state index contributed by atoms with van der Waals surface area (Å²) in [4.78, 5) is 16.0. The first-order valence-corrected chi connectivity index (χ1v) is 5.49. The summed E-state index contributed by atoms with van der Waals surface area (Å²) >= 11 is 0. The van der Waals surface area contributed by atoms with Gasteiger partial charge in [0.25, 0.3) is 0 Å². The van der Waals surface area contributed by atoms with Gasteiger partial charge in [-0.2, -0.15) is 0 Å². The van der Waals surface area contributed by atoms with Gasteiger partial charge in [0.1, 0.15) is 5.82 Å². The lowest BCUT2D eigenvalue weighted by Crippen LogP contribution is -2.11. The van der Waals surface area contributed by atoms with Gasteiger partial charge in [0.2, 0.25) is 5.78 Å². The Bertz CT molecular complexity index is 516. The fourth-order valence-corrected chi connectivity index (χ4v) is 1.68. The number of aryl methyl sites for hydroxylation is 1. The minimum Gasteiger partial charge on any atom is -0.329 e. The maximum absolute atomic E-state index is 12.7. The molecule has 17 heavy (non-hydrogen) atoms. The van der Waals surface area contributed by atoms with Crippen LogP contribution in [-0.2, 0) is 13.0 Å². The highest BCUT2D eigenvalue weighted by molar-refractivity contribution is 5.94. The van der Waals surface area contributed by atoms with E-state index in [0.29, 0.717) is 12.4 Å². The summed E-state index contributed by atoms with van der Waals surface area (Å²) < 4.78 is 14.5. The highest BCUT2D eigenvalue weighted by Gasteiger charge is 2.12. The summed E-state index contributed by atoms with van der Waals surface area (Å²) in [6, 6.07) is 5.95. The van der Waals surface area contributed by atoms with Crippen LogP contribution in [0.2, 0.25) is 0 Å². The second-order valence-electron chi connectivity index (χ2n) is 3.76. The number of rotatable bonds is 4. The fraction of sp³-hybridized carbons (Fsp3) is 0.231. The van der Waals surface area contributed by atoms with E-state index in [-0.39, 0.29) is 18.0 Å². The zero-order valence-electron chi connectivity index (χ0n) is 9.56. The number of imidazole rings is 1. The van der Waals surface area contributed by atoms with E-state index in [0.717, 1.165) is 5.56 Å². The van der Waals surface area contributed by atoms with Crippen molar-refractivity contribution in [2.24, 2.45) is 0 Å². The van der Waals surface area contributed by atoms with Crippen molar-refractivity contribution in [1.29, 1.82) is 0 Å². The molecule has 4 heteroatoms. The van der Waals surface area contributed by atoms with Gasteiger partial charge in [-0.25, -0.2) is 9.37 Å². The van der Waals surface area contributed by atoms with Crippen molar-refractivity contribution in [2.75, 3.05) is 0 Å². The van der Waals surface area contributed by atoms with Crippen LogP contribution in [0.1, 0.15) is 23.1 Å². The van der Waals surface area contributed by atoms with Crippen molar-refractivity contribution in [3.8, 4) is 0 Å². The first-order valence-electron chi connectivity index (χ1n) is 5.49. The molecule has 2 aromatic rings. The minimum absolute atomic E-state index is 0.0524. The van der Waals surface area contributed by atoms with Crippen molar-refractivity contribution < 1.29 is 9.18 Å². The van der Waals surface area contributed by atoms with E-state index < -0.39 is 0 Å². The molecular formula is C13H13FN2O. The Morgan fingerprint density at radius 2 is 2.06 bits per heavy atom. The number of hydrogen-bond donors (Lipinski definition) is 0. The zero-order valence-corrected chi connectivity index (χ0v) is 9.56. The molecule has 1 aromatic carbocycles. The number of ketones is 1. The Morgan fingerprint density at radius 3 is 2.71 bits per heavy atom. The Kier molecular flexibility index (Phi) is 3.32. The second kappa shape index (κ2) is 4.91. The van der Waals surface area contributed by atoms with Crippen LogP contribution in [0.25, 0.3) is 0 Å². The number of carbonyl (C=O) groups excluding carboxylic acids is 1. The van der Waals surface area contributed by atoms with E-state index in [1.165, 1.54) is 12.1 Å². The highest BCUT2D eigenvalue weighted by Crippen LogP contribution is 2.08. The lowest BCUT2D eigenvalue weighted by molar-refractivity contribution is 0.0979. The van der Waals surface area contributed by atoms with Crippen molar-refractivity contribution in [1.82, 2.24) is 9.55 Å². The molecular weight excluding hydrogens is 219 g/mol. The number of Topliss-reactive ketones (excluding diaryl/α,β-unsaturated/α-hetero) is 1. The molecule has 0 N–H and O–H groups in total. The van der Waals surface area contributed by atoms with Gasteiger partial charge < -0.3 is 4.57 Å². The van der Waals surface area contributed by atoms with Crippen LogP contribution < -0.4 is 0 Å². The Labute approximate surface area is 98.9 Å². The van der Waals surface area contributed by atoms with Crippen LogP contribution in [0.3, 0.4) is 0 Å². The third kappa shape index (κ3) is 2.58. The highest BCUT2D eigenvalue weighted by atomic mass is 19.1. The van der Waals surface area contributed by atoms with E-state index in [1.54, 1.807) is 29.1 Å². The lowest BCUT2D eigenvalue weighted by atomic mass is 10.1. The number of halogens is 1. The van der Waals surface area contributed by atoms with Crippen LogP contribution in [-0.4, -0.2) is 15.3 Å². The van der Waals surface area contributed by atoms with Crippen LogP contribution in [0, 0.1) is 5.82 Å². The molecule has 0 saturated carbocycles. The molecule has 0 aliphatic heterocycles. The van der Waals surface area contributed by atoms with Crippen LogP contribution in [0.4, 0.5) is 4.39 Å². The molecule has 0 bridgehead atoms. The third-order valence-corrected chi connectivity index (χ3v) is 2.58. The minimum atomic E-state index is -0.295. The quantitative estimate of drug-likeness (QED) is 0.759. The predicted octanol–water partition coefficient (Wildman–Crippen LogP) is 2.47. The summed E-state index contributed by atoms with van der Waals surface area (Å²) in [6.07, 6.45) is 3.64. The number of hydrogen-bond acceptors (Lipinski definition) is 2. The molecule has 1 aromatic heterocycles. The fourth-order valence-electron chi connectivity index (χ4n) is 1.68. The molecule has 0 unspecified atom stereocenters. The van der Waals surface area contributed by atoms with Gasteiger partial charge in [-0.15, -0.1) is 0 Å². The standard InChI is InChI=1S/C13H13FN2O/c1-2-16-8-7-15-13(16)12(17)9-10-3-5-11(14)6-4-10/h3-8H,2,9H2,1H3. The lowest BCUT2D eigenvalue weighted by Gasteiger charge is -2.03. The smallest absolute Gasteiger partial charge is 0.202 e. The molecule has 88 valence electrons. The van der Waals surface area contributed by atoms with Crippen LogP contribution in [0.5, 0.6) is 0 Å². The number of nitrogens with zero attached hydrogens (tertiary/aromatic N) is 2. The van der Waals surface area contributed by atoms with Gasteiger partial charge in [-0.1, -0.05) is 12.1 Å². The monoisotopic (exact) mass is 232 g/mol. The van der Waals surface area contributed by atoms with Crippen molar-refractivity contribution in [3.05, 3.63) is 53.9 Å². The number of benzene rings is 1. The SMILES string of the molecule is CCn1ccnc1C(=O)Cc1ccc(F)cc1. The molecule has 0 radical (unpaired) electrons. The normalized spacial score (nSPS) is 10.5. The van der Waals surface area contributed by atoms with Gasteiger partial charge >= 0.3 is 0 Å². The van der Waals surface area contributed by atoms with Crippen molar-refractivity contribution >= 4 is 5.78 Å². The average Bonchev–Trinajstić information content (AvgIpc) is 2.80. The Balaban J connectivity index is 2.14. The summed E-state index contributed by atoms with van der Waals surface area (Å²) in [5, 5.41) is 0. The van der Waals surface area contributed by atoms with Gasteiger partial charge in [0, 0.05) is 25.4 Å². The predicted molar refractivity (Wildman–Crippen MR) is 62.3 cm³/mol. The Hall–Kier alpha value is -1.97. The van der Waals surface area contributed by atoms with E-state index in [4.69, 9.17) is 0 Å². The van der Waals surface area contributed by atoms with Crippen LogP contribution >= 0.6 is 0 Å². The van der Waals surface area contributed by atoms with Crippen LogP contribution in [0.15, 0.2) is 36.7 Å². The van der Waals surface area contributed by atoms with Gasteiger partial charge in [0.05, 0.1) is 0 Å². The topological polar surface area (TPSA) is 34.9 Å². The summed E-state index contributed by atoms with van der Waals surface area (Å²) in [5.41, 5.74) is 0.794. The molecule has 0 aliphatic carbocycles.